The Morgan fingerprint density at radius 2 is 1.33 bits per heavy atom. The number of ether oxygens (including phenoxy) is 2. The topological polar surface area (TPSA) is 224 Å². The molecule has 14 nitrogen and oxygen atoms in total. The minimum absolute atomic E-state index is 0.0317. The first-order valence-corrected chi connectivity index (χ1v) is 16.5. The van der Waals surface area contributed by atoms with Gasteiger partial charge in [-0.2, -0.15) is 0 Å². The van der Waals surface area contributed by atoms with Gasteiger partial charge in [0.1, 0.15) is 24.9 Å². The van der Waals surface area contributed by atoms with Crippen molar-refractivity contribution in [2.75, 3.05) is 19.8 Å². The highest BCUT2D eigenvalue weighted by atomic mass is 16.6. The van der Waals surface area contributed by atoms with Crippen molar-refractivity contribution in [3.05, 3.63) is 95.6 Å². The third kappa shape index (κ3) is 10.3. The molecule has 0 aliphatic heterocycles. The number of hydrogen-bond acceptors (Lipinski definition) is 10. The number of fused-ring (bicyclic) bond motifs is 3. The largest absolute Gasteiger partial charge is 0.481 e. The normalized spacial score (nSPS) is 16.0. The summed E-state index contributed by atoms with van der Waals surface area (Å²) in [4.78, 5) is 50.7. The van der Waals surface area contributed by atoms with Crippen LogP contribution >= 0.6 is 0 Å². The molecule has 0 radical (unpaired) electrons. The van der Waals surface area contributed by atoms with Crippen LogP contribution in [0.4, 0.5) is 4.79 Å². The summed E-state index contributed by atoms with van der Waals surface area (Å²) >= 11 is 0. The third-order valence-corrected chi connectivity index (χ3v) is 8.41. The van der Waals surface area contributed by atoms with Crippen LogP contribution in [-0.4, -0.2) is 105 Å². The summed E-state index contributed by atoms with van der Waals surface area (Å²) < 4.78 is 11.3. The lowest BCUT2D eigenvalue weighted by Gasteiger charge is -2.31. The highest BCUT2D eigenvalue weighted by Gasteiger charge is 2.38. The van der Waals surface area contributed by atoms with Gasteiger partial charge >= 0.3 is 12.1 Å². The van der Waals surface area contributed by atoms with Gasteiger partial charge in [0.25, 0.3) is 5.91 Å². The highest BCUT2D eigenvalue weighted by Crippen LogP contribution is 2.44. The zero-order chi connectivity index (χ0) is 37.3. The number of aliphatic carboxylic acids is 1. The molecular formula is C37H45N3O11. The van der Waals surface area contributed by atoms with E-state index in [1.54, 1.807) is 51.1 Å². The maximum absolute atomic E-state index is 13.4. The van der Waals surface area contributed by atoms with Crippen molar-refractivity contribution >= 4 is 23.9 Å². The second-order valence-corrected chi connectivity index (χ2v) is 13.2. The molecule has 51 heavy (non-hydrogen) atoms. The number of carbonyl (C=O) groups is 4. The molecule has 8 N–H and O–H groups in total. The Bertz CT molecular complexity index is 1620. The van der Waals surface area contributed by atoms with E-state index in [4.69, 9.17) is 9.47 Å². The van der Waals surface area contributed by atoms with Crippen LogP contribution < -0.4 is 16.0 Å². The van der Waals surface area contributed by atoms with Crippen molar-refractivity contribution in [2.24, 2.45) is 0 Å². The average Bonchev–Trinajstić information content (AvgIpc) is 3.43. The van der Waals surface area contributed by atoms with Gasteiger partial charge in [-0.1, -0.05) is 78.9 Å². The lowest BCUT2D eigenvalue weighted by atomic mass is 9.98. The summed E-state index contributed by atoms with van der Waals surface area (Å²) in [5.74, 6) is -3.61. The van der Waals surface area contributed by atoms with E-state index >= 15 is 0 Å². The Labute approximate surface area is 295 Å². The molecule has 274 valence electrons. The third-order valence-electron chi connectivity index (χ3n) is 8.41. The van der Waals surface area contributed by atoms with Gasteiger partial charge in [0.15, 0.2) is 6.10 Å². The first-order chi connectivity index (χ1) is 24.2. The predicted molar refractivity (Wildman–Crippen MR) is 184 cm³/mol. The average molecular weight is 708 g/mol. The molecule has 3 aromatic rings. The van der Waals surface area contributed by atoms with Crippen molar-refractivity contribution in [3.63, 3.8) is 0 Å². The monoisotopic (exact) mass is 707 g/mol. The van der Waals surface area contributed by atoms with E-state index in [0.717, 1.165) is 22.3 Å². The predicted octanol–water partition coefficient (Wildman–Crippen LogP) is 1.60. The van der Waals surface area contributed by atoms with Crippen molar-refractivity contribution in [3.8, 4) is 11.1 Å². The number of benzene rings is 3. The molecule has 0 fully saturated rings. The van der Waals surface area contributed by atoms with Gasteiger partial charge in [-0.05, 0) is 48.6 Å². The number of carboxylic acids is 1. The van der Waals surface area contributed by atoms with Crippen LogP contribution in [0.1, 0.15) is 55.8 Å². The summed E-state index contributed by atoms with van der Waals surface area (Å²) in [7, 11) is 0. The number of aliphatic hydroxyl groups is 4. The molecule has 0 saturated carbocycles. The van der Waals surface area contributed by atoms with E-state index in [2.05, 4.69) is 16.0 Å². The fraction of sp³-hybridized carbons (Fsp3) is 0.405. The first kappa shape index (κ1) is 38.9. The van der Waals surface area contributed by atoms with Gasteiger partial charge in [0.2, 0.25) is 5.91 Å². The second-order valence-electron chi connectivity index (χ2n) is 13.2. The fourth-order valence-electron chi connectivity index (χ4n) is 5.77. The number of amides is 3. The van der Waals surface area contributed by atoms with E-state index in [1.807, 2.05) is 48.5 Å². The standard InChI is InChI=1S/C37H45N3O11/c1-37(2,3)51-20-29(40-36(49)50-19-26-24-15-9-7-13-22(24)23-14-8-10-16-25(23)26)34(47)39-28(18-41)31(44)32(45)33(46)35(48)38-27(17-30(42)43)21-11-5-4-6-12-21/h4-16,26-29,31-33,41,44-46H,17-20H2,1-3H3,(H,38,48)(H,39,47)(H,40,49)(H,42,43)/t27-,28-,29-,31+,32+,33-/m0/s1. The van der Waals surface area contributed by atoms with Crippen LogP contribution in [0, 0.1) is 0 Å². The molecule has 0 saturated heterocycles. The van der Waals surface area contributed by atoms with E-state index < -0.39 is 78.9 Å². The summed E-state index contributed by atoms with van der Waals surface area (Å²) in [6.45, 7) is 3.88. The van der Waals surface area contributed by atoms with E-state index in [9.17, 15) is 44.7 Å². The summed E-state index contributed by atoms with van der Waals surface area (Å²) in [6.07, 6.45) is -8.08. The molecule has 1 aliphatic carbocycles. The Morgan fingerprint density at radius 1 is 0.765 bits per heavy atom. The quantitative estimate of drug-likeness (QED) is 0.107. The maximum Gasteiger partial charge on any atom is 0.407 e. The number of alkyl carbamates (subject to hydrolysis) is 1. The van der Waals surface area contributed by atoms with Gasteiger partial charge < -0.3 is 51.0 Å². The van der Waals surface area contributed by atoms with Gasteiger partial charge in [-0.3, -0.25) is 14.4 Å². The van der Waals surface area contributed by atoms with E-state index in [1.165, 1.54) is 0 Å². The van der Waals surface area contributed by atoms with Crippen LogP contribution in [0.3, 0.4) is 0 Å². The first-order valence-electron chi connectivity index (χ1n) is 16.5. The minimum atomic E-state index is -2.29. The zero-order valence-electron chi connectivity index (χ0n) is 28.6. The number of carbonyl (C=O) groups excluding carboxylic acids is 3. The van der Waals surface area contributed by atoms with Crippen molar-refractivity contribution < 1.29 is 54.2 Å². The van der Waals surface area contributed by atoms with Gasteiger partial charge in [0, 0.05) is 5.92 Å². The molecule has 3 aromatic carbocycles. The number of carboxylic acid groups (broad SMARTS) is 1. The molecule has 3 amide bonds. The lowest BCUT2D eigenvalue weighted by molar-refractivity contribution is -0.145. The zero-order valence-corrected chi connectivity index (χ0v) is 28.6. The van der Waals surface area contributed by atoms with Crippen LogP contribution in [0.2, 0.25) is 0 Å². The fourth-order valence-corrected chi connectivity index (χ4v) is 5.77. The van der Waals surface area contributed by atoms with Gasteiger partial charge in [0.05, 0.1) is 37.3 Å². The van der Waals surface area contributed by atoms with Crippen LogP contribution in [0.5, 0.6) is 0 Å². The molecule has 1 aliphatic rings. The summed E-state index contributed by atoms with van der Waals surface area (Å²) in [5.41, 5.74) is 3.74. The highest BCUT2D eigenvalue weighted by molar-refractivity contribution is 5.86. The van der Waals surface area contributed by atoms with Crippen LogP contribution in [-0.2, 0) is 23.9 Å². The number of aliphatic hydroxyl groups excluding tert-OH is 4. The van der Waals surface area contributed by atoms with Gasteiger partial charge in [-0.15, -0.1) is 0 Å². The SMILES string of the molecule is CC(C)(C)OC[C@H](NC(=O)OCC1c2ccccc2-c2ccccc21)C(=O)N[C@@H](CO)[C@@H](O)[C@@H](O)[C@H](O)C(=O)N[C@@H](CC(=O)O)c1ccccc1. The summed E-state index contributed by atoms with van der Waals surface area (Å²) in [5, 5.41) is 58.6. The number of hydrogen-bond donors (Lipinski definition) is 8. The Kier molecular flexibility index (Phi) is 13.3. The van der Waals surface area contributed by atoms with Crippen LogP contribution in [0.15, 0.2) is 78.9 Å². The molecule has 4 rings (SSSR count). The van der Waals surface area contributed by atoms with Crippen molar-refractivity contribution in [1.82, 2.24) is 16.0 Å². The van der Waals surface area contributed by atoms with Crippen LogP contribution in [0.25, 0.3) is 11.1 Å². The molecule has 0 bridgehead atoms. The molecule has 0 unspecified atom stereocenters. The van der Waals surface area contributed by atoms with E-state index in [-0.39, 0.29) is 19.1 Å². The molecule has 14 heteroatoms. The Morgan fingerprint density at radius 3 is 1.88 bits per heavy atom. The smallest absolute Gasteiger partial charge is 0.407 e. The number of nitrogens with one attached hydrogen (secondary N) is 3. The second kappa shape index (κ2) is 17.4. The van der Waals surface area contributed by atoms with Gasteiger partial charge in [-0.25, -0.2) is 4.79 Å². The van der Waals surface area contributed by atoms with Crippen molar-refractivity contribution in [2.45, 2.75) is 75.1 Å². The molecular weight excluding hydrogens is 662 g/mol. The summed E-state index contributed by atoms with van der Waals surface area (Å²) in [6, 6.07) is 19.6. The molecule has 0 aromatic heterocycles. The Hall–Kier alpha value is -4.86. The maximum atomic E-state index is 13.4. The van der Waals surface area contributed by atoms with Crippen molar-refractivity contribution in [1.29, 1.82) is 0 Å². The molecule has 0 heterocycles. The Balaban J connectivity index is 1.40. The minimum Gasteiger partial charge on any atom is -0.481 e. The lowest BCUT2D eigenvalue weighted by Crippen LogP contribution is -2.60. The molecule has 0 spiro atoms. The number of rotatable bonds is 16. The van der Waals surface area contributed by atoms with E-state index in [0.29, 0.717) is 5.56 Å². The molecule has 6 atom stereocenters.